The summed E-state index contributed by atoms with van der Waals surface area (Å²) in [6.45, 7) is 4.09. The van der Waals surface area contributed by atoms with Crippen molar-refractivity contribution in [3.05, 3.63) is 35.4 Å². The van der Waals surface area contributed by atoms with Crippen molar-refractivity contribution in [1.29, 1.82) is 0 Å². The number of aliphatic hydroxyl groups is 1. The third-order valence-electron chi connectivity index (χ3n) is 3.84. The zero-order valence-electron chi connectivity index (χ0n) is 12.5. The van der Waals surface area contributed by atoms with E-state index in [4.69, 9.17) is 0 Å². The quantitative estimate of drug-likeness (QED) is 0.705. The molecule has 1 fully saturated rings. The van der Waals surface area contributed by atoms with Crippen LogP contribution in [0.3, 0.4) is 0 Å². The van der Waals surface area contributed by atoms with Crippen LogP contribution >= 0.6 is 0 Å². The number of rotatable bonds is 5. The van der Waals surface area contributed by atoms with Gasteiger partial charge in [0.15, 0.2) is 0 Å². The maximum Gasteiger partial charge on any atom is 0.309 e. The largest absolute Gasteiger partial charge is 0.388 e. The molecule has 1 aromatic rings. The topological polar surface area (TPSA) is 78.4 Å². The molecule has 2 rings (SSSR count). The first-order chi connectivity index (χ1) is 9.88. The summed E-state index contributed by atoms with van der Waals surface area (Å²) < 4.78 is 0. The molecule has 0 saturated heterocycles. The molecule has 0 aromatic heterocycles. The molecule has 0 spiro atoms. The lowest BCUT2D eigenvalue weighted by molar-refractivity contribution is -0.140. The molecular weight excluding hydrogens is 268 g/mol. The Bertz CT molecular complexity index is 519. The van der Waals surface area contributed by atoms with Gasteiger partial charge in [0.1, 0.15) is 0 Å². The summed E-state index contributed by atoms with van der Waals surface area (Å²) >= 11 is 0. The minimum absolute atomic E-state index is 0.106. The van der Waals surface area contributed by atoms with Crippen molar-refractivity contribution in [1.82, 2.24) is 10.6 Å². The molecular formula is C16H22N2O3. The van der Waals surface area contributed by atoms with Crippen LogP contribution in [0.1, 0.15) is 30.9 Å². The number of amides is 2. The molecule has 1 atom stereocenters. The summed E-state index contributed by atoms with van der Waals surface area (Å²) in [5, 5.41) is 15.1. The highest BCUT2D eigenvalue weighted by molar-refractivity contribution is 6.35. The van der Waals surface area contributed by atoms with Gasteiger partial charge < -0.3 is 15.7 Å². The van der Waals surface area contributed by atoms with Crippen molar-refractivity contribution in [2.75, 3.05) is 6.54 Å². The maximum absolute atomic E-state index is 11.7. The predicted molar refractivity (Wildman–Crippen MR) is 79.4 cm³/mol. The third-order valence-corrected chi connectivity index (χ3v) is 3.84. The van der Waals surface area contributed by atoms with Crippen LogP contribution in [0.25, 0.3) is 0 Å². The average Bonchev–Trinajstić information content (AvgIpc) is 3.29. The molecule has 0 aliphatic heterocycles. The van der Waals surface area contributed by atoms with Crippen LogP contribution in [0.4, 0.5) is 0 Å². The monoisotopic (exact) mass is 290 g/mol. The number of nitrogens with one attached hydrogen (secondary N) is 2. The van der Waals surface area contributed by atoms with Crippen LogP contribution in [-0.4, -0.2) is 29.1 Å². The first-order valence-electron chi connectivity index (χ1n) is 7.22. The number of aryl methyl sites for hydroxylation is 1. The van der Waals surface area contributed by atoms with Gasteiger partial charge in [-0.05, 0) is 38.2 Å². The molecule has 114 valence electrons. The first kappa shape index (κ1) is 15.5. The highest BCUT2D eigenvalue weighted by Crippen LogP contribution is 2.38. The summed E-state index contributed by atoms with van der Waals surface area (Å²) in [6, 6.07) is 7.72. The molecule has 2 amide bonds. The fourth-order valence-electron chi connectivity index (χ4n) is 2.16. The molecule has 1 aliphatic carbocycles. The van der Waals surface area contributed by atoms with E-state index in [2.05, 4.69) is 10.6 Å². The van der Waals surface area contributed by atoms with Crippen LogP contribution in [0.2, 0.25) is 0 Å². The Kier molecular flexibility index (Phi) is 4.63. The second-order valence-electron chi connectivity index (χ2n) is 5.98. The van der Waals surface area contributed by atoms with Crippen LogP contribution in [0.15, 0.2) is 24.3 Å². The maximum atomic E-state index is 11.7. The number of carbonyl (C=O) groups excluding carboxylic acids is 2. The van der Waals surface area contributed by atoms with E-state index in [1.807, 2.05) is 31.2 Å². The first-order valence-corrected chi connectivity index (χ1v) is 7.22. The molecule has 21 heavy (non-hydrogen) atoms. The lowest BCUT2D eigenvalue weighted by Gasteiger charge is -2.22. The van der Waals surface area contributed by atoms with Gasteiger partial charge in [-0.1, -0.05) is 29.8 Å². The van der Waals surface area contributed by atoms with Crippen LogP contribution < -0.4 is 10.6 Å². The highest BCUT2D eigenvalue weighted by atomic mass is 16.3. The van der Waals surface area contributed by atoms with Gasteiger partial charge >= 0.3 is 11.8 Å². The van der Waals surface area contributed by atoms with E-state index in [0.29, 0.717) is 6.54 Å². The minimum Gasteiger partial charge on any atom is -0.388 e. The van der Waals surface area contributed by atoms with Gasteiger partial charge in [-0.15, -0.1) is 0 Å². The zero-order chi connectivity index (χ0) is 15.5. The molecule has 5 nitrogen and oxygen atoms in total. The number of hydrogen-bond acceptors (Lipinski definition) is 3. The van der Waals surface area contributed by atoms with Crippen molar-refractivity contribution >= 4 is 11.8 Å². The molecule has 0 radical (unpaired) electrons. The molecule has 5 heteroatoms. The van der Waals surface area contributed by atoms with Crippen molar-refractivity contribution in [2.45, 2.75) is 38.8 Å². The Morgan fingerprint density at radius 3 is 2.33 bits per heavy atom. The lowest BCUT2D eigenvalue weighted by Crippen LogP contribution is -2.47. The fraction of sp³-hybridized carbons (Fsp3) is 0.500. The standard InChI is InChI=1S/C16H22N2O3/c1-11-3-5-12(6-4-11)9-17-14(19)15(20)18-10-16(2,21)13-7-8-13/h3-6,13,21H,7-10H2,1-2H3,(H,17,19)(H,18,20)/t16-/m1/s1. The molecule has 0 unspecified atom stereocenters. The predicted octanol–water partition coefficient (Wildman–Crippen LogP) is 0.888. The SMILES string of the molecule is Cc1ccc(CNC(=O)C(=O)NC[C@@](C)(O)C2CC2)cc1. The molecule has 1 saturated carbocycles. The van der Waals surface area contributed by atoms with E-state index in [9.17, 15) is 14.7 Å². The van der Waals surface area contributed by atoms with Gasteiger partial charge in [0.2, 0.25) is 0 Å². The Labute approximate surface area is 124 Å². The summed E-state index contributed by atoms with van der Waals surface area (Å²) in [6.07, 6.45) is 1.95. The van der Waals surface area contributed by atoms with Crippen LogP contribution in [0, 0.1) is 12.8 Å². The summed E-state index contributed by atoms with van der Waals surface area (Å²) in [4.78, 5) is 23.4. The number of carbonyl (C=O) groups is 2. The van der Waals surface area contributed by atoms with Gasteiger partial charge in [0, 0.05) is 13.1 Å². The van der Waals surface area contributed by atoms with E-state index >= 15 is 0 Å². The van der Waals surface area contributed by atoms with Gasteiger partial charge in [0.05, 0.1) is 5.60 Å². The van der Waals surface area contributed by atoms with Crippen molar-refractivity contribution in [3.63, 3.8) is 0 Å². The molecule has 0 heterocycles. The second-order valence-corrected chi connectivity index (χ2v) is 5.98. The minimum atomic E-state index is -0.924. The van der Waals surface area contributed by atoms with E-state index < -0.39 is 17.4 Å². The van der Waals surface area contributed by atoms with Crippen LogP contribution in [0.5, 0.6) is 0 Å². The summed E-state index contributed by atoms with van der Waals surface area (Å²) in [7, 11) is 0. The summed E-state index contributed by atoms with van der Waals surface area (Å²) in [5.41, 5.74) is 1.16. The van der Waals surface area contributed by atoms with Crippen molar-refractivity contribution in [3.8, 4) is 0 Å². The van der Waals surface area contributed by atoms with Gasteiger partial charge in [-0.25, -0.2) is 0 Å². The molecule has 1 aliphatic rings. The Balaban J connectivity index is 1.74. The number of benzene rings is 1. The lowest BCUT2D eigenvalue weighted by atomic mass is 10.0. The second kappa shape index (κ2) is 6.26. The van der Waals surface area contributed by atoms with Crippen molar-refractivity contribution in [2.24, 2.45) is 5.92 Å². The summed E-state index contributed by atoms with van der Waals surface area (Å²) in [5.74, 6) is -1.15. The van der Waals surface area contributed by atoms with E-state index in [1.54, 1.807) is 6.92 Å². The van der Waals surface area contributed by atoms with E-state index in [-0.39, 0.29) is 12.5 Å². The molecule has 0 bridgehead atoms. The van der Waals surface area contributed by atoms with Crippen molar-refractivity contribution < 1.29 is 14.7 Å². The number of hydrogen-bond donors (Lipinski definition) is 3. The highest BCUT2D eigenvalue weighted by Gasteiger charge is 2.40. The normalized spacial score (nSPS) is 16.9. The van der Waals surface area contributed by atoms with Gasteiger partial charge in [0.25, 0.3) is 0 Å². The third kappa shape index (κ3) is 4.56. The van der Waals surface area contributed by atoms with E-state index in [1.165, 1.54) is 0 Å². The fourth-order valence-corrected chi connectivity index (χ4v) is 2.16. The smallest absolute Gasteiger partial charge is 0.309 e. The Morgan fingerprint density at radius 2 is 1.76 bits per heavy atom. The van der Waals surface area contributed by atoms with Crippen LogP contribution in [-0.2, 0) is 16.1 Å². The molecule has 1 aromatic carbocycles. The van der Waals surface area contributed by atoms with Gasteiger partial charge in [-0.2, -0.15) is 0 Å². The van der Waals surface area contributed by atoms with E-state index in [0.717, 1.165) is 24.0 Å². The Morgan fingerprint density at radius 1 is 1.19 bits per heavy atom. The average molecular weight is 290 g/mol. The Hall–Kier alpha value is -1.88. The molecule has 3 N–H and O–H groups in total. The zero-order valence-corrected chi connectivity index (χ0v) is 12.5. The van der Waals surface area contributed by atoms with Gasteiger partial charge in [-0.3, -0.25) is 9.59 Å².